The molecule has 1 heterocycles. The van der Waals surface area contributed by atoms with Gasteiger partial charge in [-0.25, -0.2) is 8.42 Å². The summed E-state index contributed by atoms with van der Waals surface area (Å²) >= 11 is 0.894. The van der Waals surface area contributed by atoms with Gasteiger partial charge in [0.25, 0.3) is 5.91 Å². The Balaban J connectivity index is 2.05. The molecule has 0 aromatic carbocycles. The molecular formula is C14H19NO5S2. The molecule has 2 rings (SSSR count). The average Bonchev–Trinajstić information content (AvgIpc) is 2.95. The maximum Gasteiger partial charge on any atom is 0.311 e. The molecule has 0 atom stereocenters. The fraction of sp³-hybridized carbons (Fsp3) is 0.571. The van der Waals surface area contributed by atoms with E-state index in [0.29, 0.717) is 12.8 Å². The Kier molecular flexibility index (Phi) is 4.91. The van der Waals surface area contributed by atoms with E-state index in [4.69, 9.17) is 0 Å². The van der Waals surface area contributed by atoms with Crippen molar-refractivity contribution in [1.29, 1.82) is 0 Å². The molecule has 0 aliphatic heterocycles. The number of carboxylic acids is 1. The molecular weight excluding hydrogens is 326 g/mol. The van der Waals surface area contributed by atoms with Crippen molar-refractivity contribution < 1.29 is 23.1 Å². The fourth-order valence-corrected chi connectivity index (χ4v) is 4.52. The van der Waals surface area contributed by atoms with Gasteiger partial charge < -0.3 is 10.4 Å². The van der Waals surface area contributed by atoms with Crippen LogP contribution in [0.25, 0.3) is 0 Å². The minimum absolute atomic E-state index is 0.0767. The first-order valence-electron chi connectivity index (χ1n) is 7.06. The van der Waals surface area contributed by atoms with Crippen LogP contribution in [0.3, 0.4) is 0 Å². The largest absolute Gasteiger partial charge is 0.481 e. The Morgan fingerprint density at radius 1 is 1.27 bits per heavy atom. The molecule has 1 aliphatic carbocycles. The average molecular weight is 345 g/mol. The minimum Gasteiger partial charge on any atom is -0.481 e. The van der Waals surface area contributed by atoms with Gasteiger partial charge in [0, 0.05) is 12.8 Å². The minimum atomic E-state index is -3.33. The lowest BCUT2D eigenvalue weighted by Crippen LogP contribution is -2.44. The number of amides is 1. The molecule has 0 bridgehead atoms. The summed E-state index contributed by atoms with van der Waals surface area (Å²) in [5, 5.41) is 12.1. The molecule has 122 valence electrons. The monoisotopic (exact) mass is 345 g/mol. The Morgan fingerprint density at radius 2 is 1.91 bits per heavy atom. The Labute approximate surface area is 133 Å². The van der Waals surface area contributed by atoms with E-state index in [9.17, 15) is 23.1 Å². The molecule has 0 radical (unpaired) electrons. The van der Waals surface area contributed by atoms with Gasteiger partial charge in [-0.05, 0) is 25.0 Å². The van der Waals surface area contributed by atoms with Crippen LogP contribution in [0.5, 0.6) is 0 Å². The topological polar surface area (TPSA) is 101 Å². The SMILES string of the molecule is CS(=O)(=O)c1ccc(C(=O)NCC2(C(=O)O)CCCCC2)s1. The van der Waals surface area contributed by atoms with Crippen molar-refractivity contribution in [3.8, 4) is 0 Å². The molecule has 0 unspecified atom stereocenters. The first-order chi connectivity index (χ1) is 10.2. The van der Waals surface area contributed by atoms with Gasteiger partial charge in [-0.1, -0.05) is 19.3 Å². The molecule has 1 amide bonds. The second-order valence-corrected chi connectivity index (χ2v) is 9.05. The van der Waals surface area contributed by atoms with Gasteiger partial charge in [0.05, 0.1) is 10.3 Å². The van der Waals surface area contributed by atoms with E-state index < -0.39 is 27.1 Å². The number of carbonyl (C=O) groups is 2. The molecule has 22 heavy (non-hydrogen) atoms. The van der Waals surface area contributed by atoms with Crippen molar-refractivity contribution in [1.82, 2.24) is 5.32 Å². The van der Waals surface area contributed by atoms with Crippen LogP contribution in [0.1, 0.15) is 41.8 Å². The Hall–Kier alpha value is -1.41. The highest BCUT2D eigenvalue weighted by atomic mass is 32.2. The van der Waals surface area contributed by atoms with E-state index in [0.717, 1.165) is 36.9 Å². The van der Waals surface area contributed by atoms with Crippen LogP contribution >= 0.6 is 11.3 Å². The molecule has 8 heteroatoms. The molecule has 0 saturated heterocycles. The van der Waals surface area contributed by atoms with E-state index in [2.05, 4.69) is 5.32 Å². The third-order valence-electron chi connectivity index (χ3n) is 4.02. The zero-order valence-electron chi connectivity index (χ0n) is 12.3. The van der Waals surface area contributed by atoms with Gasteiger partial charge in [0.1, 0.15) is 4.21 Å². The van der Waals surface area contributed by atoms with Crippen LogP contribution in [0, 0.1) is 5.41 Å². The van der Waals surface area contributed by atoms with Gasteiger partial charge in [-0.3, -0.25) is 9.59 Å². The summed E-state index contributed by atoms with van der Waals surface area (Å²) in [7, 11) is -3.33. The van der Waals surface area contributed by atoms with Crippen LogP contribution in [0.15, 0.2) is 16.3 Å². The number of hydrogen-bond donors (Lipinski definition) is 2. The summed E-state index contributed by atoms with van der Waals surface area (Å²) in [6, 6.07) is 2.84. The van der Waals surface area contributed by atoms with E-state index in [-0.39, 0.29) is 15.6 Å². The smallest absolute Gasteiger partial charge is 0.311 e. The highest BCUT2D eigenvalue weighted by molar-refractivity contribution is 7.92. The number of nitrogens with one attached hydrogen (secondary N) is 1. The molecule has 1 aromatic heterocycles. The molecule has 1 aliphatic rings. The quantitative estimate of drug-likeness (QED) is 0.849. The van der Waals surface area contributed by atoms with E-state index >= 15 is 0 Å². The number of rotatable bonds is 5. The van der Waals surface area contributed by atoms with Gasteiger partial charge in [-0.15, -0.1) is 11.3 Å². The van der Waals surface area contributed by atoms with E-state index in [1.54, 1.807) is 0 Å². The summed E-state index contributed by atoms with van der Waals surface area (Å²) in [6.45, 7) is 0.0767. The summed E-state index contributed by atoms with van der Waals surface area (Å²) in [5.41, 5.74) is -0.898. The van der Waals surface area contributed by atoms with Crippen molar-refractivity contribution in [3.63, 3.8) is 0 Å². The predicted molar refractivity (Wildman–Crippen MR) is 82.9 cm³/mol. The Bertz CT molecular complexity index is 671. The first kappa shape index (κ1) is 17.0. The molecule has 6 nitrogen and oxygen atoms in total. The van der Waals surface area contributed by atoms with Crippen molar-refractivity contribution in [2.45, 2.75) is 36.3 Å². The standard InChI is InChI=1S/C14H19NO5S2/c1-22(19,20)11-6-5-10(21-11)12(16)15-9-14(13(17)18)7-3-2-4-8-14/h5-6H,2-4,7-9H2,1H3,(H,15,16)(H,17,18). The van der Waals surface area contributed by atoms with Crippen molar-refractivity contribution in [3.05, 3.63) is 17.0 Å². The van der Waals surface area contributed by atoms with E-state index in [1.807, 2.05) is 0 Å². The van der Waals surface area contributed by atoms with Crippen molar-refractivity contribution >= 4 is 33.1 Å². The highest BCUT2D eigenvalue weighted by Crippen LogP contribution is 2.36. The van der Waals surface area contributed by atoms with Gasteiger partial charge in [0.15, 0.2) is 9.84 Å². The number of thiophene rings is 1. The molecule has 2 N–H and O–H groups in total. The third kappa shape index (κ3) is 3.67. The fourth-order valence-electron chi connectivity index (χ4n) is 2.67. The number of carbonyl (C=O) groups excluding carboxylic acids is 1. The van der Waals surface area contributed by atoms with Crippen LogP contribution in [-0.2, 0) is 14.6 Å². The lowest BCUT2D eigenvalue weighted by Gasteiger charge is -2.33. The first-order valence-corrected chi connectivity index (χ1v) is 9.77. The van der Waals surface area contributed by atoms with Crippen LogP contribution in [-0.4, -0.2) is 38.2 Å². The molecule has 1 fully saturated rings. The van der Waals surface area contributed by atoms with Crippen LogP contribution < -0.4 is 5.32 Å². The zero-order chi connectivity index (χ0) is 16.4. The lowest BCUT2D eigenvalue weighted by molar-refractivity contribution is -0.150. The second-order valence-electron chi connectivity index (χ2n) is 5.72. The van der Waals surface area contributed by atoms with Crippen molar-refractivity contribution in [2.24, 2.45) is 5.41 Å². The second kappa shape index (κ2) is 6.37. The summed E-state index contributed by atoms with van der Waals surface area (Å²) < 4.78 is 23.0. The third-order valence-corrected chi connectivity index (χ3v) is 6.93. The maximum atomic E-state index is 12.1. The Morgan fingerprint density at radius 3 is 2.41 bits per heavy atom. The maximum absolute atomic E-state index is 12.1. The van der Waals surface area contributed by atoms with Gasteiger partial charge in [0.2, 0.25) is 0 Å². The lowest BCUT2D eigenvalue weighted by atomic mass is 9.74. The number of hydrogen-bond acceptors (Lipinski definition) is 5. The number of sulfone groups is 1. The van der Waals surface area contributed by atoms with Crippen LogP contribution in [0.4, 0.5) is 0 Å². The number of carboxylic acid groups (broad SMARTS) is 1. The summed E-state index contributed by atoms with van der Waals surface area (Å²) in [6.07, 6.45) is 4.91. The van der Waals surface area contributed by atoms with Crippen molar-refractivity contribution in [2.75, 3.05) is 12.8 Å². The van der Waals surface area contributed by atoms with Gasteiger partial charge >= 0.3 is 5.97 Å². The number of aliphatic carboxylic acids is 1. The predicted octanol–water partition coefficient (Wildman–Crippen LogP) is 1.92. The van der Waals surface area contributed by atoms with Gasteiger partial charge in [-0.2, -0.15) is 0 Å². The molecule has 0 spiro atoms. The summed E-state index contributed by atoms with van der Waals surface area (Å²) in [5.74, 6) is -1.30. The molecule has 1 aromatic rings. The highest BCUT2D eigenvalue weighted by Gasteiger charge is 2.39. The summed E-state index contributed by atoms with van der Waals surface area (Å²) in [4.78, 5) is 23.9. The van der Waals surface area contributed by atoms with E-state index in [1.165, 1.54) is 12.1 Å². The molecule has 1 saturated carbocycles. The van der Waals surface area contributed by atoms with Crippen LogP contribution in [0.2, 0.25) is 0 Å². The zero-order valence-corrected chi connectivity index (χ0v) is 13.9. The normalized spacial score (nSPS) is 17.9.